The Labute approximate surface area is 191 Å². The van der Waals surface area contributed by atoms with Crippen molar-refractivity contribution in [1.82, 2.24) is 9.80 Å². The van der Waals surface area contributed by atoms with Crippen LogP contribution in [0.15, 0.2) is 39.7 Å². The molecule has 11 heteroatoms. The summed E-state index contributed by atoms with van der Waals surface area (Å²) in [7, 11) is 0. The molecule has 1 aromatic heterocycles. The molecule has 1 aromatic carbocycles. The molecule has 2 aliphatic rings. The number of hydrogen-bond acceptors (Lipinski definition) is 7. The number of aromatic carboxylic acids is 1. The van der Waals surface area contributed by atoms with Gasteiger partial charge in [0.1, 0.15) is 18.1 Å². The van der Waals surface area contributed by atoms with Gasteiger partial charge in [-0.1, -0.05) is 11.6 Å². The smallest absolute Gasteiger partial charge is 0.335 e. The van der Waals surface area contributed by atoms with E-state index in [1.807, 2.05) is 0 Å². The van der Waals surface area contributed by atoms with Crippen molar-refractivity contribution in [2.24, 2.45) is 0 Å². The summed E-state index contributed by atoms with van der Waals surface area (Å²) < 4.78 is 10.9. The number of carboxylic acid groups (broad SMARTS) is 1. The lowest BCUT2D eigenvalue weighted by atomic mass is 10.1. The molecule has 4 rings (SSSR count). The quantitative estimate of drug-likeness (QED) is 0.654. The molecule has 2 aromatic rings. The van der Waals surface area contributed by atoms with E-state index in [2.05, 4.69) is 0 Å². The van der Waals surface area contributed by atoms with Crippen molar-refractivity contribution in [3.63, 3.8) is 0 Å². The van der Waals surface area contributed by atoms with E-state index in [0.29, 0.717) is 42.6 Å². The van der Waals surface area contributed by atoms with Gasteiger partial charge in [0.05, 0.1) is 28.7 Å². The molecule has 1 N–H and O–H groups in total. The number of benzene rings is 1. The van der Waals surface area contributed by atoms with E-state index in [1.54, 1.807) is 17.0 Å². The molecule has 0 spiro atoms. The molecule has 32 heavy (non-hydrogen) atoms. The second kappa shape index (κ2) is 9.19. The minimum absolute atomic E-state index is 0.0494. The number of carbonyl (C=O) groups excluding carboxylic acids is 3. The summed E-state index contributed by atoms with van der Waals surface area (Å²) in [5, 5.41) is 8.94. The van der Waals surface area contributed by atoms with Crippen molar-refractivity contribution in [2.45, 2.75) is 0 Å². The Kier molecular flexibility index (Phi) is 6.35. The van der Waals surface area contributed by atoms with E-state index in [-0.39, 0.29) is 28.7 Å². The van der Waals surface area contributed by atoms with Crippen LogP contribution in [-0.2, 0) is 14.3 Å². The summed E-state index contributed by atoms with van der Waals surface area (Å²) in [6.07, 6.45) is 1.41. The van der Waals surface area contributed by atoms with Gasteiger partial charge < -0.3 is 19.2 Å². The van der Waals surface area contributed by atoms with E-state index in [4.69, 9.17) is 20.8 Å². The molecular formula is C21H17ClN2O7S. The SMILES string of the molecule is O=C(O)c1ccc(Cl)c(-c2ccc(/C=C3/SC(=O)N(CC(=O)N4CCOCC4)C3=O)o2)c1. The molecule has 2 aliphatic heterocycles. The van der Waals surface area contributed by atoms with Crippen molar-refractivity contribution in [3.05, 3.63) is 51.6 Å². The van der Waals surface area contributed by atoms with Crippen LogP contribution < -0.4 is 0 Å². The Balaban J connectivity index is 1.50. The summed E-state index contributed by atoms with van der Waals surface area (Å²) >= 11 is 6.89. The maximum atomic E-state index is 12.7. The van der Waals surface area contributed by atoms with Crippen molar-refractivity contribution >= 4 is 52.5 Å². The molecule has 0 unspecified atom stereocenters. The molecule has 3 heterocycles. The molecule has 0 aliphatic carbocycles. The molecule has 0 bridgehead atoms. The van der Waals surface area contributed by atoms with Gasteiger partial charge in [-0.25, -0.2) is 4.79 Å². The fourth-order valence-corrected chi connectivity index (χ4v) is 4.26. The highest BCUT2D eigenvalue weighted by Crippen LogP contribution is 2.35. The lowest BCUT2D eigenvalue weighted by Gasteiger charge is -2.27. The van der Waals surface area contributed by atoms with Crippen LogP contribution in [0.25, 0.3) is 17.4 Å². The maximum absolute atomic E-state index is 12.7. The average molecular weight is 477 g/mol. The number of imide groups is 1. The molecule has 0 saturated carbocycles. The highest BCUT2D eigenvalue weighted by molar-refractivity contribution is 8.18. The zero-order chi connectivity index (χ0) is 22.8. The average Bonchev–Trinajstić information content (AvgIpc) is 3.34. The van der Waals surface area contributed by atoms with Gasteiger partial charge in [-0.15, -0.1) is 0 Å². The van der Waals surface area contributed by atoms with Gasteiger partial charge in [-0.3, -0.25) is 19.3 Å². The Hall–Kier alpha value is -3.08. The number of ether oxygens (including phenoxy) is 1. The van der Waals surface area contributed by atoms with Crippen LogP contribution in [0.2, 0.25) is 5.02 Å². The second-order valence-corrected chi connectivity index (χ2v) is 8.36. The number of thioether (sulfide) groups is 1. The number of furan rings is 1. The first kappa shape index (κ1) is 22.1. The number of rotatable bonds is 5. The van der Waals surface area contributed by atoms with Gasteiger partial charge in [-0.05, 0) is 42.1 Å². The molecule has 0 atom stereocenters. The van der Waals surface area contributed by atoms with E-state index in [1.165, 1.54) is 24.3 Å². The van der Waals surface area contributed by atoms with Crippen LogP contribution in [0.4, 0.5) is 4.79 Å². The van der Waals surface area contributed by atoms with E-state index in [9.17, 15) is 24.3 Å². The minimum atomic E-state index is -1.10. The highest BCUT2D eigenvalue weighted by atomic mass is 35.5. The Bertz CT molecular complexity index is 1140. The van der Waals surface area contributed by atoms with Crippen molar-refractivity contribution < 1.29 is 33.4 Å². The number of hydrogen-bond donors (Lipinski definition) is 1. The number of morpholine rings is 1. The Morgan fingerprint density at radius 3 is 2.62 bits per heavy atom. The standard InChI is InChI=1S/C21H17ClN2O7S/c22-15-3-1-12(20(27)28)9-14(15)16-4-2-13(31-16)10-17-19(26)24(21(29)32-17)11-18(25)23-5-7-30-8-6-23/h1-4,9-10H,5-8,11H2,(H,27,28)/b17-10+. The number of amides is 3. The van der Waals surface area contributed by atoms with Crippen LogP contribution in [0.1, 0.15) is 16.1 Å². The summed E-state index contributed by atoms with van der Waals surface area (Å²) in [5.74, 6) is -1.40. The molecular weight excluding hydrogens is 460 g/mol. The summed E-state index contributed by atoms with van der Waals surface area (Å²) in [6.45, 7) is 1.36. The second-order valence-electron chi connectivity index (χ2n) is 6.96. The number of nitrogens with zero attached hydrogens (tertiary/aromatic N) is 2. The summed E-state index contributed by atoms with van der Waals surface area (Å²) in [4.78, 5) is 51.2. The zero-order valence-electron chi connectivity index (χ0n) is 16.6. The highest BCUT2D eigenvalue weighted by Gasteiger charge is 2.37. The molecule has 3 amide bonds. The summed E-state index contributed by atoms with van der Waals surface area (Å²) in [5.41, 5.74) is 0.434. The zero-order valence-corrected chi connectivity index (χ0v) is 18.1. The first-order valence-electron chi connectivity index (χ1n) is 9.57. The summed E-state index contributed by atoms with van der Waals surface area (Å²) in [6, 6.07) is 7.39. The normalized spacial score (nSPS) is 18.0. The van der Waals surface area contributed by atoms with Crippen molar-refractivity contribution in [1.29, 1.82) is 0 Å². The molecule has 0 radical (unpaired) electrons. The van der Waals surface area contributed by atoms with E-state index < -0.39 is 17.1 Å². The van der Waals surface area contributed by atoms with Crippen LogP contribution in [0.3, 0.4) is 0 Å². The maximum Gasteiger partial charge on any atom is 0.335 e. The topological polar surface area (TPSA) is 117 Å². The Morgan fingerprint density at radius 1 is 1.16 bits per heavy atom. The minimum Gasteiger partial charge on any atom is -0.478 e. The van der Waals surface area contributed by atoms with Gasteiger partial charge in [0.15, 0.2) is 0 Å². The predicted molar refractivity (Wildman–Crippen MR) is 116 cm³/mol. The molecule has 166 valence electrons. The third-order valence-electron chi connectivity index (χ3n) is 4.91. The van der Waals surface area contributed by atoms with Crippen LogP contribution in [0, 0.1) is 0 Å². The van der Waals surface area contributed by atoms with Gasteiger partial charge in [0.2, 0.25) is 5.91 Å². The van der Waals surface area contributed by atoms with E-state index >= 15 is 0 Å². The molecule has 9 nitrogen and oxygen atoms in total. The van der Waals surface area contributed by atoms with E-state index in [0.717, 1.165) is 16.7 Å². The lowest BCUT2D eigenvalue weighted by molar-refractivity contribution is -0.139. The van der Waals surface area contributed by atoms with Crippen molar-refractivity contribution in [2.75, 3.05) is 32.8 Å². The third kappa shape index (κ3) is 4.57. The fourth-order valence-electron chi connectivity index (χ4n) is 3.24. The number of carboxylic acids is 1. The fraction of sp³-hybridized carbons (Fsp3) is 0.238. The van der Waals surface area contributed by atoms with Gasteiger partial charge in [0.25, 0.3) is 11.1 Å². The van der Waals surface area contributed by atoms with Crippen LogP contribution in [-0.4, -0.2) is 70.8 Å². The van der Waals surface area contributed by atoms with Crippen LogP contribution in [0.5, 0.6) is 0 Å². The van der Waals surface area contributed by atoms with Gasteiger partial charge in [0, 0.05) is 24.7 Å². The van der Waals surface area contributed by atoms with Gasteiger partial charge >= 0.3 is 5.97 Å². The lowest BCUT2D eigenvalue weighted by Crippen LogP contribution is -2.46. The van der Waals surface area contributed by atoms with Crippen LogP contribution >= 0.6 is 23.4 Å². The molecule has 2 fully saturated rings. The monoisotopic (exact) mass is 476 g/mol. The predicted octanol–water partition coefficient (Wildman–Crippen LogP) is 3.19. The number of halogens is 1. The first-order chi connectivity index (χ1) is 15.3. The molecule has 2 saturated heterocycles. The Morgan fingerprint density at radius 2 is 1.91 bits per heavy atom. The number of carbonyl (C=O) groups is 4. The largest absolute Gasteiger partial charge is 0.478 e. The third-order valence-corrected chi connectivity index (χ3v) is 6.15. The first-order valence-corrected chi connectivity index (χ1v) is 10.8. The van der Waals surface area contributed by atoms with Crippen molar-refractivity contribution in [3.8, 4) is 11.3 Å². The van der Waals surface area contributed by atoms with Gasteiger partial charge in [-0.2, -0.15) is 0 Å².